The molecule has 92 valence electrons. The summed E-state index contributed by atoms with van der Waals surface area (Å²) in [6.45, 7) is 1.78. The lowest BCUT2D eigenvalue weighted by Gasteiger charge is -2.02. The van der Waals surface area contributed by atoms with Crippen LogP contribution in [0.25, 0.3) is 0 Å². The summed E-state index contributed by atoms with van der Waals surface area (Å²) in [6.07, 6.45) is -5.38. The highest BCUT2D eigenvalue weighted by Crippen LogP contribution is 2.21. The molecule has 1 unspecified atom stereocenters. The molecule has 7 heteroatoms. The SMILES string of the molecule is CCC(O)Cc1nc(CCC(F)(F)F)no1. The summed E-state index contributed by atoms with van der Waals surface area (Å²) in [7, 11) is 0. The van der Waals surface area contributed by atoms with Gasteiger partial charge in [-0.25, -0.2) is 0 Å². The summed E-state index contributed by atoms with van der Waals surface area (Å²) < 4.78 is 40.4. The second-order valence-corrected chi connectivity index (χ2v) is 3.49. The van der Waals surface area contributed by atoms with Crippen LogP contribution in [0.4, 0.5) is 13.2 Å². The van der Waals surface area contributed by atoms with Crippen molar-refractivity contribution in [1.82, 2.24) is 10.1 Å². The first-order valence-corrected chi connectivity index (χ1v) is 4.97. The van der Waals surface area contributed by atoms with Crippen LogP contribution >= 0.6 is 0 Å². The maximum atomic E-state index is 11.9. The van der Waals surface area contributed by atoms with E-state index < -0.39 is 18.7 Å². The lowest BCUT2D eigenvalue weighted by atomic mass is 10.2. The summed E-state index contributed by atoms with van der Waals surface area (Å²) >= 11 is 0. The summed E-state index contributed by atoms with van der Waals surface area (Å²) in [6, 6.07) is 0. The van der Waals surface area contributed by atoms with Gasteiger partial charge in [0.05, 0.1) is 18.9 Å². The predicted octanol–water partition coefficient (Wildman–Crippen LogP) is 1.88. The number of aryl methyl sites for hydroxylation is 1. The predicted molar refractivity (Wildman–Crippen MR) is 48.7 cm³/mol. The fourth-order valence-corrected chi connectivity index (χ4v) is 1.07. The normalized spacial score (nSPS) is 14.1. The first-order valence-electron chi connectivity index (χ1n) is 4.97. The van der Waals surface area contributed by atoms with Gasteiger partial charge in [0.25, 0.3) is 0 Å². The van der Waals surface area contributed by atoms with E-state index in [4.69, 9.17) is 4.52 Å². The van der Waals surface area contributed by atoms with Gasteiger partial charge >= 0.3 is 6.18 Å². The molecule has 1 aromatic rings. The Labute approximate surface area is 90.5 Å². The lowest BCUT2D eigenvalue weighted by Crippen LogP contribution is -2.10. The molecule has 1 rings (SSSR count). The Balaban J connectivity index is 2.45. The molecule has 0 bridgehead atoms. The summed E-state index contributed by atoms with van der Waals surface area (Å²) in [5.41, 5.74) is 0. The number of aliphatic hydroxyl groups is 1. The standard InChI is InChI=1S/C9H13F3N2O2/c1-2-6(15)5-8-13-7(14-16-8)3-4-9(10,11)12/h6,15H,2-5H2,1H3. The highest BCUT2D eigenvalue weighted by atomic mass is 19.4. The molecular formula is C9H13F3N2O2. The Bertz CT molecular complexity index is 325. The van der Waals surface area contributed by atoms with Gasteiger partial charge in [-0.3, -0.25) is 0 Å². The molecule has 16 heavy (non-hydrogen) atoms. The largest absolute Gasteiger partial charge is 0.393 e. The number of halogens is 3. The molecule has 1 aromatic heterocycles. The molecule has 1 atom stereocenters. The van der Waals surface area contributed by atoms with Gasteiger partial charge < -0.3 is 9.63 Å². The second kappa shape index (κ2) is 5.29. The van der Waals surface area contributed by atoms with Crippen LogP contribution in [0.15, 0.2) is 4.52 Å². The van der Waals surface area contributed by atoms with Crippen LogP contribution in [-0.2, 0) is 12.8 Å². The first kappa shape index (κ1) is 13.0. The minimum absolute atomic E-state index is 0.0237. The van der Waals surface area contributed by atoms with Crippen LogP contribution < -0.4 is 0 Å². The summed E-state index contributed by atoms with van der Waals surface area (Å²) in [5, 5.41) is 12.7. The fraction of sp³-hybridized carbons (Fsp3) is 0.778. The van der Waals surface area contributed by atoms with Gasteiger partial charge in [-0.1, -0.05) is 12.1 Å². The van der Waals surface area contributed by atoms with Crippen LogP contribution in [0.3, 0.4) is 0 Å². The number of hydrogen-bond acceptors (Lipinski definition) is 4. The van der Waals surface area contributed by atoms with Gasteiger partial charge in [-0.05, 0) is 6.42 Å². The number of rotatable bonds is 5. The van der Waals surface area contributed by atoms with Crippen LogP contribution in [0.5, 0.6) is 0 Å². The van der Waals surface area contributed by atoms with Crippen LogP contribution in [0.2, 0.25) is 0 Å². The van der Waals surface area contributed by atoms with E-state index in [1.807, 2.05) is 0 Å². The van der Waals surface area contributed by atoms with Gasteiger partial charge in [0.1, 0.15) is 0 Å². The van der Waals surface area contributed by atoms with Gasteiger partial charge in [0.15, 0.2) is 5.82 Å². The van der Waals surface area contributed by atoms with Crippen LogP contribution in [0.1, 0.15) is 31.5 Å². The molecule has 0 aliphatic carbocycles. The van der Waals surface area contributed by atoms with E-state index in [2.05, 4.69) is 10.1 Å². The van der Waals surface area contributed by atoms with Crippen molar-refractivity contribution >= 4 is 0 Å². The number of aromatic nitrogens is 2. The van der Waals surface area contributed by atoms with Crippen molar-refractivity contribution in [3.05, 3.63) is 11.7 Å². The Morgan fingerprint density at radius 3 is 2.69 bits per heavy atom. The molecular weight excluding hydrogens is 225 g/mol. The molecule has 0 spiro atoms. The topological polar surface area (TPSA) is 59.2 Å². The molecule has 4 nitrogen and oxygen atoms in total. The minimum Gasteiger partial charge on any atom is -0.393 e. The fourth-order valence-electron chi connectivity index (χ4n) is 1.07. The number of nitrogens with zero attached hydrogens (tertiary/aromatic N) is 2. The molecule has 0 fully saturated rings. The molecule has 1 heterocycles. The van der Waals surface area contributed by atoms with E-state index in [1.54, 1.807) is 6.92 Å². The van der Waals surface area contributed by atoms with Crippen LogP contribution in [-0.4, -0.2) is 27.5 Å². The molecule has 1 N–H and O–H groups in total. The Morgan fingerprint density at radius 1 is 1.44 bits per heavy atom. The van der Waals surface area contributed by atoms with Crippen molar-refractivity contribution in [2.24, 2.45) is 0 Å². The van der Waals surface area contributed by atoms with Gasteiger partial charge in [0.2, 0.25) is 5.89 Å². The highest BCUT2D eigenvalue weighted by molar-refractivity contribution is 4.88. The second-order valence-electron chi connectivity index (χ2n) is 3.49. The zero-order valence-corrected chi connectivity index (χ0v) is 8.79. The van der Waals surface area contributed by atoms with Crippen LogP contribution in [0, 0.1) is 0 Å². The zero-order valence-electron chi connectivity index (χ0n) is 8.79. The summed E-state index contributed by atoms with van der Waals surface area (Å²) in [4.78, 5) is 3.76. The van der Waals surface area contributed by atoms with E-state index in [0.717, 1.165) is 0 Å². The van der Waals surface area contributed by atoms with Crippen molar-refractivity contribution in [3.63, 3.8) is 0 Å². The monoisotopic (exact) mass is 238 g/mol. The minimum atomic E-state index is -4.22. The quantitative estimate of drug-likeness (QED) is 0.850. The number of alkyl halides is 3. The van der Waals surface area contributed by atoms with E-state index in [0.29, 0.717) is 6.42 Å². The van der Waals surface area contributed by atoms with Crippen molar-refractivity contribution in [1.29, 1.82) is 0 Å². The maximum Gasteiger partial charge on any atom is 0.389 e. The van der Waals surface area contributed by atoms with E-state index in [9.17, 15) is 18.3 Å². The smallest absolute Gasteiger partial charge is 0.389 e. The van der Waals surface area contributed by atoms with E-state index in [-0.39, 0.29) is 24.6 Å². The molecule has 0 radical (unpaired) electrons. The third kappa shape index (κ3) is 4.61. The zero-order chi connectivity index (χ0) is 12.2. The van der Waals surface area contributed by atoms with Crippen molar-refractivity contribution in [2.45, 2.75) is 44.9 Å². The molecule has 0 saturated heterocycles. The molecule has 0 aromatic carbocycles. The van der Waals surface area contributed by atoms with Crippen molar-refractivity contribution < 1.29 is 22.8 Å². The summed E-state index contributed by atoms with van der Waals surface area (Å²) in [5.74, 6) is 0.196. The van der Waals surface area contributed by atoms with E-state index in [1.165, 1.54) is 0 Å². The molecule has 0 aliphatic rings. The van der Waals surface area contributed by atoms with Gasteiger partial charge in [0, 0.05) is 6.42 Å². The molecule has 0 aliphatic heterocycles. The van der Waals surface area contributed by atoms with Crippen molar-refractivity contribution in [3.8, 4) is 0 Å². The molecule has 0 amide bonds. The average Bonchev–Trinajstić information content (AvgIpc) is 2.61. The number of hydrogen-bond donors (Lipinski definition) is 1. The van der Waals surface area contributed by atoms with E-state index >= 15 is 0 Å². The third-order valence-electron chi connectivity index (χ3n) is 2.02. The molecule has 0 saturated carbocycles. The Hall–Kier alpha value is -1.11. The lowest BCUT2D eigenvalue weighted by molar-refractivity contribution is -0.134. The van der Waals surface area contributed by atoms with Gasteiger partial charge in [-0.2, -0.15) is 18.2 Å². The first-order chi connectivity index (χ1) is 7.40. The van der Waals surface area contributed by atoms with Gasteiger partial charge in [-0.15, -0.1) is 0 Å². The highest BCUT2D eigenvalue weighted by Gasteiger charge is 2.27. The third-order valence-corrected chi connectivity index (χ3v) is 2.02. The number of aliphatic hydroxyl groups excluding tert-OH is 1. The average molecular weight is 238 g/mol. The Kier molecular flexibility index (Phi) is 4.28. The Morgan fingerprint density at radius 2 is 2.12 bits per heavy atom. The maximum absolute atomic E-state index is 11.9. The van der Waals surface area contributed by atoms with Crippen molar-refractivity contribution in [2.75, 3.05) is 0 Å².